The summed E-state index contributed by atoms with van der Waals surface area (Å²) < 4.78 is 70.7. The highest BCUT2D eigenvalue weighted by Crippen LogP contribution is 2.40. The number of amides is 1. The van der Waals surface area contributed by atoms with E-state index in [9.17, 15) is 26.4 Å². The number of alkyl halides is 4. The molecule has 0 unspecified atom stereocenters. The summed E-state index contributed by atoms with van der Waals surface area (Å²) >= 11 is 6.29. The highest BCUT2D eigenvalue weighted by atomic mass is 35.5. The van der Waals surface area contributed by atoms with Gasteiger partial charge in [-0.2, -0.15) is 13.2 Å². The van der Waals surface area contributed by atoms with E-state index in [1.807, 2.05) is 0 Å². The van der Waals surface area contributed by atoms with Crippen molar-refractivity contribution in [3.63, 3.8) is 0 Å². The van der Waals surface area contributed by atoms with Crippen LogP contribution >= 0.6 is 11.6 Å². The zero-order chi connectivity index (χ0) is 20.6. The zero-order valence-corrected chi connectivity index (χ0v) is 16.4. The van der Waals surface area contributed by atoms with E-state index >= 15 is 0 Å². The lowest BCUT2D eigenvalue weighted by Crippen LogP contribution is -2.44. The number of rotatable bonds is 7. The van der Waals surface area contributed by atoms with Crippen LogP contribution in [-0.4, -0.2) is 44.2 Å². The Hall–Kier alpha value is -1.52. The summed E-state index contributed by atoms with van der Waals surface area (Å²) in [7, 11) is -3.88. The third-order valence-electron chi connectivity index (χ3n) is 5.00. The van der Waals surface area contributed by atoms with Crippen molar-refractivity contribution in [2.24, 2.45) is 0 Å². The molecule has 1 amide bonds. The topological polar surface area (TPSA) is 84.5 Å². The van der Waals surface area contributed by atoms with Crippen LogP contribution in [0.2, 0.25) is 0 Å². The first kappa shape index (κ1) is 21.2. The van der Waals surface area contributed by atoms with Crippen LogP contribution in [0.4, 0.5) is 18.9 Å². The van der Waals surface area contributed by atoms with Gasteiger partial charge < -0.3 is 10.1 Å². The number of ether oxygens (including phenoxy) is 1. The maximum absolute atomic E-state index is 13.1. The normalized spacial score (nSPS) is 19.4. The van der Waals surface area contributed by atoms with Crippen molar-refractivity contribution < 1.29 is 31.1 Å². The molecule has 1 aliphatic heterocycles. The molecule has 1 saturated heterocycles. The number of carbonyl (C=O) groups is 1. The Morgan fingerprint density at radius 3 is 2.46 bits per heavy atom. The van der Waals surface area contributed by atoms with Crippen LogP contribution in [-0.2, 0) is 20.9 Å². The second kappa shape index (κ2) is 7.72. The standard InChI is InChI=1S/C17H20ClF3N2O4S/c18-16(4-1-5-16)6-7-22-15(24)13-8-11(17(19,20)21)2-3-14(13)23-28(25,26)12-9-27-10-12/h2-3,8,12,23H,1,4-7,9-10H2,(H,22,24). The van der Waals surface area contributed by atoms with Gasteiger partial charge >= 0.3 is 6.18 Å². The van der Waals surface area contributed by atoms with Gasteiger partial charge in [-0.15, -0.1) is 11.6 Å². The number of benzene rings is 1. The van der Waals surface area contributed by atoms with E-state index < -0.39 is 38.5 Å². The van der Waals surface area contributed by atoms with E-state index in [0.717, 1.165) is 31.4 Å². The van der Waals surface area contributed by atoms with Gasteiger partial charge in [0.15, 0.2) is 0 Å². The Morgan fingerprint density at radius 2 is 1.96 bits per heavy atom. The summed E-state index contributed by atoms with van der Waals surface area (Å²) in [5.74, 6) is -0.798. The van der Waals surface area contributed by atoms with Crippen molar-refractivity contribution in [3.05, 3.63) is 29.3 Å². The number of hydrogen-bond acceptors (Lipinski definition) is 4. The molecule has 1 aromatic carbocycles. The third kappa shape index (κ3) is 4.72. The number of sulfonamides is 1. The molecule has 156 valence electrons. The van der Waals surface area contributed by atoms with E-state index in [1.165, 1.54) is 0 Å². The lowest BCUT2D eigenvalue weighted by Gasteiger charge is -2.35. The maximum atomic E-state index is 13.1. The smallest absolute Gasteiger partial charge is 0.378 e. The van der Waals surface area contributed by atoms with Gasteiger partial charge in [0.25, 0.3) is 5.91 Å². The summed E-state index contributed by atoms with van der Waals surface area (Å²) in [5, 5.41) is 1.73. The fraction of sp³-hybridized carbons (Fsp3) is 0.588. The number of halogens is 4. The third-order valence-corrected chi connectivity index (χ3v) is 7.22. The van der Waals surface area contributed by atoms with Crippen LogP contribution in [0.3, 0.4) is 0 Å². The molecule has 0 bridgehead atoms. The molecule has 2 aliphatic rings. The molecular formula is C17H20ClF3N2O4S. The molecule has 0 aromatic heterocycles. The van der Waals surface area contributed by atoms with Crippen LogP contribution in [0.1, 0.15) is 41.6 Å². The summed E-state index contributed by atoms with van der Waals surface area (Å²) in [5.41, 5.74) is -1.64. The first-order valence-electron chi connectivity index (χ1n) is 8.78. The maximum Gasteiger partial charge on any atom is 0.416 e. The predicted octanol–water partition coefficient (Wildman–Crippen LogP) is 3.13. The van der Waals surface area contributed by atoms with E-state index in [-0.39, 0.29) is 30.3 Å². The van der Waals surface area contributed by atoms with Gasteiger partial charge in [-0.05, 0) is 43.9 Å². The number of nitrogens with one attached hydrogen (secondary N) is 2. The lowest BCUT2D eigenvalue weighted by atomic mass is 9.82. The molecule has 28 heavy (non-hydrogen) atoms. The van der Waals surface area contributed by atoms with Gasteiger partial charge in [-0.25, -0.2) is 8.42 Å². The van der Waals surface area contributed by atoms with E-state index in [2.05, 4.69) is 10.0 Å². The molecule has 1 heterocycles. The van der Waals surface area contributed by atoms with E-state index in [1.54, 1.807) is 0 Å². The minimum atomic E-state index is -4.67. The average Bonchev–Trinajstić information content (AvgIpc) is 2.49. The predicted molar refractivity (Wildman–Crippen MR) is 98.0 cm³/mol. The second-order valence-electron chi connectivity index (χ2n) is 7.08. The Balaban J connectivity index is 1.79. The summed E-state index contributed by atoms with van der Waals surface area (Å²) in [6, 6.07) is 2.32. The molecule has 2 fully saturated rings. The molecule has 1 aromatic rings. The van der Waals surface area contributed by atoms with E-state index in [0.29, 0.717) is 12.5 Å². The molecule has 0 atom stereocenters. The average molecular weight is 441 g/mol. The van der Waals surface area contributed by atoms with Gasteiger partial charge in [0.2, 0.25) is 10.0 Å². The van der Waals surface area contributed by atoms with Crippen molar-refractivity contribution in [1.82, 2.24) is 5.32 Å². The molecule has 2 N–H and O–H groups in total. The molecule has 0 radical (unpaired) electrons. The second-order valence-corrected chi connectivity index (χ2v) is 9.84. The van der Waals surface area contributed by atoms with Crippen molar-refractivity contribution in [1.29, 1.82) is 0 Å². The van der Waals surface area contributed by atoms with E-state index in [4.69, 9.17) is 16.3 Å². The fourth-order valence-electron chi connectivity index (χ4n) is 2.93. The lowest BCUT2D eigenvalue weighted by molar-refractivity contribution is -0.137. The van der Waals surface area contributed by atoms with Gasteiger partial charge in [-0.1, -0.05) is 0 Å². The van der Waals surface area contributed by atoms with Gasteiger partial charge in [0, 0.05) is 11.4 Å². The Kier molecular flexibility index (Phi) is 5.84. The van der Waals surface area contributed by atoms with Crippen LogP contribution in [0, 0.1) is 0 Å². The molecule has 6 nitrogen and oxygen atoms in total. The number of hydrogen-bond donors (Lipinski definition) is 2. The highest BCUT2D eigenvalue weighted by Gasteiger charge is 2.36. The van der Waals surface area contributed by atoms with Crippen LogP contribution in [0.25, 0.3) is 0 Å². The van der Waals surface area contributed by atoms with Crippen molar-refractivity contribution in [2.75, 3.05) is 24.5 Å². The van der Waals surface area contributed by atoms with Crippen molar-refractivity contribution in [3.8, 4) is 0 Å². The molecule has 1 saturated carbocycles. The highest BCUT2D eigenvalue weighted by molar-refractivity contribution is 7.93. The molecule has 11 heteroatoms. The molecule has 0 spiro atoms. The quantitative estimate of drug-likeness (QED) is 0.638. The minimum absolute atomic E-state index is 0.00466. The van der Waals surface area contributed by atoms with Crippen LogP contribution in [0.5, 0.6) is 0 Å². The summed E-state index contributed by atoms with van der Waals surface area (Å²) in [6.45, 7) is 0.172. The Morgan fingerprint density at radius 1 is 1.29 bits per heavy atom. The first-order valence-corrected chi connectivity index (χ1v) is 10.7. The van der Waals surface area contributed by atoms with Crippen molar-refractivity contribution in [2.45, 2.75) is 42.0 Å². The largest absolute Gasteiger partial charge is 0.416 e. The van der Waals surface area contributed by atoms with Gasteiger partial charge in [-0.3, -0.25) is 9.52 Å². The fourth-order valence-corrected chi connectivity index (χ4v) is 4.50. The number of anilines is 1. The monoisotopic (exact) mass is 440 g/mol. The molecule has 1 aliphatic carbocycles. The number of carbonyl (C=O) groups excluding carboxylic acids is 1. The summed E-state index contributed by atoms with van der Waals surface area (Å²) in [4.78, 5) is 12.1. The van der Waals surface area contributed by atoms with Crippen molar-refractivity contribution >= 4 is 33.2 Å². The SMILES string of the molecule is O=C(NCCC1(Cl)CCC1)c1cc(C(F)(F)F)ccc1NS(=O)(=O)C1COC1. The summed E-state index contributed by atoms with van der Waals surface area (Å²) in [6.07, 6.45) is -1.53. The Bertz CT molecular complexity index is 852. The minimum Gasteiger partial charge on any atom is -0.378 e. The molecule has 3 rings (SSSR count). The van der Waals surface area contributed by atoms with Crippen LogP contribution < -0.4 is 10.0 Å². The van der Waals surface area contributed by atoms with Gasteiger partial charge in [0.05, 0.1) is 30.0 Å². The first-order chi connectivity index (χ1) is 13.0. The van der Waals surface area contributed by atoms with Gasteiger partial charge in [0.1, 0.15) is 5.25 Å². The molecular weight excluding hydrogens is 421 g/mol. The zero-order valence-electron chi connectivity index (χ0n) is 14.8. The van der Waals surface area contributed by atoms with Crippen LogP contribution in [0.15, 0.2) is 18.2 Å². The Labute approximate surface area is 165 Å².